The zero-order valence-corrected chi connectivity index (χ0v) is 11.6. The first-order chi connectivity index (χ1) is 7.52. The van der Waals surface area contributed by atoms with Gasteiger partial charge in [-0.25, -0.2) is 0 Å². The number of thiophene rings is 1. The summed E-state index contributed by atoms with van der Waals surface area (Å²) in [7, 11) is -1.44. The van der Waals surface area contributed by atoms with E-state index in [4.69, 9.17) is 9.47 Å². The lowest BCUT2D eigenvalue weighted by Gasteiger charge is -2.18. The van der Waals surface area contributed by atoms with E-state index >= 15 is 0 Å². The molecule has 1 aromatic rings. The Kier molecular flexibility index (Phi) is 3.30. The molecule has 0 unspecified atom stereocenters. The highest BCUT2D eigenvalue weighted by Crippen LogP contribution is 2.28. The van der Waals surface area contributed by atoms with Crippen LogP contribution in [0, 0.1) is 0 Å². The van der Waals surface area contributed by atoms with Crippen LogP contribution in [0.2, 0.25) is 19.6 Å². The fraction of sp³-hybridized carbons (Fsp3) is 0.545. The molecule has 0 aromatic carbocycles. The molecule has 1 aliphatic rings. The summed E-state index contributed by atoms with van der Waals surface area (Å²) in [5, 5.41) is 0. The maximum atomic E-state index is 10.9. The normalized spacial score (nSPS) is 17.9. The van der Waals surface area contributed by atoms with Crippen LogP contribution in [0.1, 0.15) is 21.5 Å². The predicted molar refractivity (Wildman–Crippen MR) is 67.3 cm³/mol. The van der Waals surface area contributed by atoms with Crippen LogP contribution in [0.3, 0.4) is 0 Å². The number of carbonyl (C=O) groups excluding carboxylic acids is 1. The van der Waals surface area contributed by atoms with E-state index in [9.17, 15) is 4.79 Å². The Morgan fingerprint density at radius 2 is 2.00 bits per heavy atom. The first kappa shape index (κ1) is 12.0. The van der Waals surface area contributed by atoms with E-state index in [1.54, 1.807) is 11.3 Å². The topological polar surface area (TPSA) is 35.5 Å². The third-order valence-corrected chi connectivity index (χ3v) is 7.14. The highest BCUT2D eigenvalue weighted by Gasteiger charge is 2.30. The van der Waals surface area contributed by atoms with Gasteiger partial charge in [-0.15, -0.1) is 11.3 Å². The van der Waals surface area contributed by atoms with Crippen molar-refractivity contribution in [3.05, 3.63) is 16.5 Å². The summed E-state index contributed by atoms with van der Waals surface area (Å²) in [4.78, 5) is 11.6. The van der Waals surface area contributed by atoms with Gasteiger partial charge in [-0.1, -0.05) is 19.6 Å². The lowest BCUT2D eigenvalue weighted by Crippen LogP contribution is -2.38. The number of carbonyl (C=O) groups is 1. The Balaban J connectivity index is 2.41. The second-order valence-electron chi connectivity index (χ2n) is 4.87. The number of ether oxygens (including phenoxy) is 2. The number of hydrogen-bond donors (Lipinski definition) is 0. The van der Waals surface area contributed by atoms with Crippen LogP contribution in [0.5, 0.6) is 0 Å². The van der Waals surface area contributed by atoms with Crippen molar-refractivity contribution in [1.82, 2.24) is 0 Å². The van der Waals surface area contributed by atoms with Gasteiger partial charge >= 0.3 is 0 Å². The van der Waals surface area contributed by atoms with Crippen molar-refractivity contribution < 1.29 is 14.3 Å². The Labute approximate surface area is 100 Å². The number of rotatable bonds is 3. The Hall–Kier alpha value is -0.493. The van der Waals surface area contributed by atoms with Crippen LogP contribution in [0.4, 0.5) is 0 Å². The van der Waals surface area contributed by atoms with Crippen LogP contribution >= 0.6 is 11.3 Å². The fourth-order valence-electron chi connectivity index (χ4n) is 1.78. The summed E-state index contributed by atoms with van der Waals surface area (Å²) in [6.45, 7) is 8.09. The molecular weight excluding hydrogens is 240 g/mol. The maximum Gasteiger partial charge on any atom is 0.184 e. The standard InChI is InChI=1S/C11H16O3SSi/c1-16(2,3)11-9(6-8(7-12)15-11)10-13-4-5-14-10/h6-7,10H,4-5H2,1-3H3. The zero-order chi connectivity index (χ0) is 11.8. The summed E-state index contributed by atoms with van der Waals surface area (Å²) in [6, 6.07) is 1.92. The average Bonchev–Trinajstić information content (AvgIpc) is 2.85. The van der Waals surface area contributed by atoms with Gasteiger partial charge in [0.05, 0.1) is 26.2 Å². The molecule has 1 aliphatic heterocycles. The Morgan fingerprint density at radius 1 is 1.38 bits per heavy atom. The van der Waals surface area contributed by atoms with Crippen molar-refractivity contribution in [2.45, 2.75) is 25.9 Å². The molecule has 1 fully saturated rings. The summed E-state index contributed by atoms with van der Waals surface area (Å²) in [5.74, 6) is 0. The summed E-state index contributed by atoms with van der Waals surface area (Å²) >= 11 is 1.59. The molecule has 0 spiro atoms. The van der Waals surface area contributed by atoms with Crippen LogP contribution in [-0.2, 0) is 9.47 Å². The first-order valence-electron chi connectivity index (χ1n) is 5.35. The van der Waals surface area contributed by atoms with Crippen LogP contribution < -0.4 is 4.50 Å². The molecule has 0 radical (unpaired) electrons. The van der Waals surface area contributed by atoms with Crippen LogP contribution in [0.15, 0.2) is 6.07 Å². The minimum absolute atomic E-state index is 0.258. The minimum atomic E-state index is -1.44. The van der Waals surface area contributed by atoms with Gasteiger partial charge < -0.3 is 9.47 Å². The van der Waals surface area contributed by atoms with Crippen molar-refractivity contribution in [2.24, 2.45) is 0 Å². The lowest BCUT2D eigenvalue weighted by atomic mass is 10.3. The van der Waals surface area contributed by atoms with Crippen molar-refractivity contribution in [2.75, 3.05) is 13.2 Å². The molecule has 0 N–H and O–H groups in total. The van der Waals surface area contributed by atoms with E-state index < -0.39 is 8.07 Å². The van der Waals surface area contributed by atoms with Gasteiger partial charge in [0, 0.05) is 5.56 Å². The van der Waals surface area contributed by atoms with Gasteiger partial charge in [0.1, 0.15) is 0 Å². The summed E-state index contributed by atoms with van der Waals surface area (Å²) < 4.78 is 12.4. The summed E-state index contributed by atoms with van der Waals surface area (Å²) in [5.41, 5.74) is 1.07. The fourth-order valence-corrected chi connectivity index (χ4v) is 5.16. The van der Waals surface area contributed by atoms with Gasteiger partial charge in [-0.3, -0.25) is 4.79 Å². The van der Waals surface area contributed by atoms with Crippen molar-refractivity contribution in [3.8, 4) is 0 Å². The molecule has 0 saturated carbocycles. The second-order valence-corrected chi connectivity index (χ2v) is 11.3. The zero-order valence-electron chi connectivity index (χ0n) is 9.78. The molecule has 88 valence electrons. The van der Waals surface area contributed by atoms with E-state index in [1.165, 1.54) is 4.50 Å². The molecule has 5 heteroatoms. The quantitative estimate of drug-likeness (QED) is 0.614. The molecule has 2 heterocycles. The molecule has 16 heavy (non-hydrogen) atoms. The number of aldehydes is 1. The van der Waals surface area contributed by atoms with E-state index in [0.717, 1.165) is 16.7 Å². The molecular formula is C11H16O3SSi. The van der Waals surface area contributed by atoms with Gasteiger partial charge in [-0.2, -0.15) is 0 Å². The van der Waals surface area contributed by atoms with Gasteiger partial charge in [0.15, 0.2) is 12.6 Å². The Bertz CT molecular complexity index is 388. The van der Waals surface area contributed by atoms with Crippen LogP contribution in [0.25, 0.3) is 0 Å². The van der Waals surface area contributed by atoms with Gasteiger partial charge in [0.25, 0.3) is 0 Å². The van der Waals surface area contributed by atoms with Crippen molar-refractivity contribution in [1.29, 1.82) is 0 Å². The molecule has 2 rings (SSSR count). The molecule has 0 atom stereocenters. The summed E-state index contributed by atoms with van der Waals surface area (Å²) in [6.07, 6.45) is 0.652. The van der Waals surface area contributed by atoms with E-state index in [2.05, 4.69) is 19.6 Å². The smallest absolute Gasteiger partial charge is 0.184 e. The Morgan fingerprint density at radius 3 is 2.50 bits per heavy atom. The average molecular weight is 256 g/mol. The van der Waals surface area contributed by atoms with Gasteiger partial charge in [0.2, 0.25) is 0 Å². The van der Waals surface area contributed by atoms with Gasteiger partial charge in [-0.05, 0) is 10.6 Å². The highest BCUT2D eigenvalue weighted by molar-refractivity contribution is 7.27. The van der Waals surface area contributed by atoms with Crippen molar-refractivity contribution >= 4 is 30.2 Å². The molecule has 1 saturated heterocycles. The lowest BCUT2D eigenvalue weighted by molar-refractivity contribution is -0.0431. The molecule has 0 bridgehead atoms. The SMILES string of the molecule is C[Si](C)(C)c1sc(C=O)cc1C1OCCO1. The van der Waals surface area contributed by atoms with E-state index in [-0.39, 0.29) is 6.29 Å². The first-order valence-corrected chi connectivity index (χ1v) is 9.66. The predicted octanol–water partition coefficient (Wildman–Crippen LogP) is 2.15. The minimum Gasteiger partial charge on any atom is -0.346 e. The second kappa shape index (κ2) is 4.41. The van der Waals surface area contributed by atoms with Crippen molar-refractivity contribution in [3.63, 3.8) is 0 Å². The highest BCUT2D eigenvalue weighted by atomic mass is 32.1. The molecule has 3 nitrogen and oxygen atoms in total. The largest absolute Gasteiger partial charge is 0.346 e. The maximum absolute atomic E-state index is 10.9. The molecule has 1 aromatic heterocycles. The third-order valence-electron chi connectivity index (χ3n) is 2.45. The molecule has 0 amide bonds. The monoisotopic (exact) mass is 256 g/mol. The third kappa shape index (κ3) is 2.27. The number of hydrogen-bond acceptors (Lipinski definition) is 4. The molecule has 0 aliphatic carbocycles. The van der Waals surface area contributed by atoms with E-state index in [1.807, 2.05) is 6.07 Å². The van der Waals surface area contributed by atoms with E-state index in [0.29, 0.717) is 13.2 Å². The van der Waals surface area contributed by atoms with Crippen LogP contribution in [-0.4, -0.2) is 27.6 Å².